The Hall–Kier alpha value is -1.81. The van der Waals surface area contributed by atoms with Crippen LogP contribution in [0.3, 0.4) is 0 Å². The van der Waals surface area contributed by atoms with Crippen molar-refractivity contribution in [3.63, 3.8) is 0 Å². The van der Waals surface area contributed by atoms with E-state index in [1.165, 1.54) is 17.6 Å². The zero-order valence-corrected chi connectivity index (χ0v) is 14.3. The molecule has 4 heteroatoms. The number of hydrogen-bond acceptors (Lipinski definition) is 3. The summed E-state index contributed by atoms with van der Waals surface area (Å²) in [5, 5.41) is 12.7. The Morgan fingerprint density at radius 1 is 1.25 bits per heavy atom. The van der Waals surface area contributed by atoms with Crippen LogP contribution in [0.25, 0.3) is 0 Å². The monoisotopic (exact) mass is 328 g/mol. The van der Waals surface area contributed by atoms with Gasteiger partial charge in [-0.3, -0.25) is 4.79 Å². The van der Waals surface area contributed by atoms with Gasteiger partial charge in [0, 0.05) is 25.6 Å². The average Bonchev–Trinajstić information content (AvgIpc) is 2.62. The van der Waals surface area contributed by atoms with Gasteiger partial charge in [-0.25, -0.2) is 0 Å². The summed E-state index contributed by atoms with van der Waals surface area (Å²) in [6, 6.07) is 7.79. The van der Waals surface area contributed by atoms with E-state index in [1.54, 1.807) is 12.1 Å². The molecule has 2 aliphatic heterocycles. The van der Waals surface area contributed by atoms with E-state index in [4.69, 9.17) is 0 Å². The molecule has 0 aromatic heterocycles. The SMILES string of the molecule is O=C(CC1=CCNCC1)N1CCCC[C@@H]1CCc1ccc(O)cc1. The van der Waals surface area contributed by atoms with E-state index in [0.717, 1.165) is 51.7 Å². The fourth-order valence-corrected chi connectivity index (χ4v) is 3.75. The molecule has 2 heterocycles. The molecular formula is C20H28N2O2. The average molecular weight is 328 g/mol. The number of rotatable bonds is 5. The number of aryl methyl sites for hydroxylation is 1. The van der Waals surface area contributed by atoms with Crippen LogP contribution in [-0.2, 0) is 11.2 Å². The van der Waals surface area contributed by atoms with Crippen LogP contribution in [0.5, 0.6) is 5.75 Å². The van der Waals surface area contributed by atoms with Gasteiger partial charge in [-0.15, -0.1) is 0 Å². The highest BCUT2D eigenvalue weighted by Crippen LogP contribution is 2.24. The molecule has 1 aromatic carbocycles. The number of amides is 1. The van der Waals surface area contributed by atoms with E-state index < -0.39 is 0 Å². The molecule has 0 radical (unpaired) electrons. The highest BCUT2D eigenvalue weighted by atomic mass is 16.3. The molecule has 0 saturated carbocycles. The number of nitrogens with zero attached hydrogens (tertiary/aromatic N) is 1. The Kier molecular flexibility index (Phi) is 5.91. The van der Waals surface area contributed by atoms with Crippen LogP contribution in [0.4, 0.5) is 0 Å². The lowest BCUT2D eigenvalue weighted by Crippen LogP contribution is -2.44. The summed E-state index contributed by atoms with van der Waals surface area (Å²) >= 11 is 0. The maximum absolute atomic E-state index is 12.8. The molecular weight excluding hydrogens is 300 g/mol. The predicted octanol–water partition coefficient (Wildman–Crippen LogP) is 3.02. The minimum absolute atomic E-state index is 0.304. The molecule has 0 spiro atoms. The van der Waals surface area contributed by atoms with Crippen LogP contribution >= 0.6 is 0 Å². The van der Waals surface area contributed by atoms with Crippen molar-refractivity contribution in [2.24, 2.45) is 0 Å². The molecule has 1 fully saturated rings. The van der Waals surface area contributed by atoms with Gasteiger partial charge in [0.2, 0.25) is 5.91 Å². The molecule has 0 unspecified atom stereocenters. The fourth-order valence-electron chi connectivity index (χ4n) is 3.75. The Balaban J connectivity index is 1.57. The first-order valence-electron chi connectivity index (χ1n) is 9.18. The topological polar surface area (TPSA) is 52.6 Å². The molecule has 24 heavy (non-hydrogen) atoms. The summed E-state index contributed by atoms with van der Waals surface area (Å²) < 4.78 is 0. The van der Waals surface area contributed by atoms with Crippen molar-refractivity contribution >= 4 is 5.91 Å². The second-order valence-electron chi connectivity index (χ2n) is 6.94. The van der Waals surface area contributed by atoms with Crippen LogP contribution < -0.4 is 5.32 Å². The van der Waals surface area contributed by atoms with Gasteiger partial charge in [-0.1, -0.05) is 23.8 Å². The molecule has 2 N–H and O–H groups in total. The lowest BCUT2D eigenvalue weighted by atomic mass is 9.94. The summed E-state index contributed by atoms with van der Waals surface area (Å²) in [7, 11) is 0. The van der Waals surface area contributed by atoms with Crippen LogP contribution in [0, 0.1) is 0 Å². The molecule has 130 valence electrons. The lowest BCUT2D eigenvalue weighted by Gasteiger charge is -2.36. The largest absolute Gasteiger partial charge is 0.508 e. The molecule has 0 bridgehead atoms. The van der Waals surface area contributed by atoms with Crippen molar-refractivity contribution in [1.82, 2.24) is 10.2 Å². The molecule has 0 aliphatic carbocycles. The third-order valence-corrected chi connectivity index (χ3v) is 5.19. The normalized spacial score (nSPS) is 21.4. The number of benzene rings is 1. The number of nitrogens with one attached hydrogen (secondary N) is 1. The zero-order valence-electron chi connectivity index (χ0n) is 14.3. The lowest BCUT2D eigenvalue weighted by molar-refractivity contribution is -0.134. The van der Waals surface area contributed by atoms with E-state index in [-0.39, 0.29) is 0 Å². The number of phenols is 1. The number of aromatic hydroxyl groups is 1. The molecule has 4 nitrogen and oxygen atoms in total. The third-order valence-electron chi connectivity index (χ3n) is 5.19. The molecule has 1 aromatic rings. The van der Waals surface area contributed by atoms with Gasteiger partial charge < -0.3 is 15.3 Å². The first-order valence-corrected chi connectivity index (χ1v) is 9.18. The summed E-state index contributed by atoms with van der Waals surface area (Å²) in [6.07, 6.45) is 9.20. The fraction of sp³-hybridized carbons (Fsp3) is 0.550. The van der Waals surface area contributed by atoms with Gasteiger partial charge in [0.05, 0.1) is 0 Å². The van der Waals surface area contributed by atoms with Gasteiger partial charge >= 0.3 is 0 Å². The van der Waals surface area contributed by atoms with Crippen LogP contribution in [0.1, 0.15) is 44.1 Å². The van der Waals surface area contributed by atoms with E-state index in [0.29, 0.717) is 24.1 Å². The number of carbonyl (C=O) groups is 1. The van der Waals surface area contributed by atoms with Crippen LogP contribution in [0.2, 0.25) is 0 Å². The van der Waals surface area contributed by atoms with Gasteiger partial charge in [0.25, 0.3) is 0 Å². The predicted molar refractivity (Wildman–Crippen MR) is 96.0 cm³/mol. The second kappa shape index (κ2) is 8.34. The molecule has 2 aliphatic rings. The maximum atomic E-state index is 12.8. The van der Waals surface area contributed by atoms with Crippen molar-refractivity contribution in [3.8, 4) is 5.75 Å². The molecule has 1 saturated heterocycles. The number of carbonyl (C=O) groups excluding carboxylic acids is 1. The smallest absolute Gasteiger partial charge is 0.226 e. The van der Waals surface area contributed by atoms with E-state index >= 15 is 0 Å². The molecule has 1 amide bonds. The van der Waals surface area contributed by atoms with Crippen molar-refractivity contribution in [2.45, 2.75) is 51.0 Å². The van der Waals surface area contributed by atoms with Crippen LogP contribution in [-0.4, -0.2) is 41.6 Å². The van der Waals surface area contributed by atoms with Gasteiger partial charge in [-0.05, 0) is 62.8 Å². The third kappa shape index (κ3) is 4.60. The van der Waals surface area contributed by atoms with Crippen molar-refractivity contribution in [2.75, 3.05) is 19.6 Å². The Morgan fingerprint density at radius 3 is 2.83 bits per heavy atom. The highest BCUT2D eigenvalue weighted by Gasteiger charge is 2.26. The van der Waals surface area contributed by atoms with Gasteiger partial charge in [0.15, 0.2) is 0 Å². The number of piperidine rings is 1. The summed E-state index contributed by atoms with van der Waals surface area (Å²) in [5.41, 5.74) is 2.52. The Labute approximate surface area is 144 Å². The number of hydrogen-bond donors (Lipinski definition) is 2. The van der Waals surface area contributed by atoms with Crippen molar-refractivity contribution in [3.05, 3.63) is 41.5 Å². The maximum Gasteiger partial charge on any atom is 0.226 e. The summed E-state index contributed by atoms with van der Waals surface area (Å²) in [4.78, 5) is 14.9. The molecule has 1 atom stereocenters. The first kappa shape index (κ1) is 17.0. The Bertz CT molecular complexity index is 580. The summed E-state index contributed by atoms with van der Waals surface area (Å²) in [5.74, 6) is 0.613. The van der Waals surface area contributed by atoms with Crippen molar-refractivity contribution < 1.29 is 9.90 Å². The van der Waals surface area contributed by atoms with Crippen LogP contribution in [0.15, 0.2) is 35.9 Å². The van der Waals surface area contributed by atoms with Gasteiger partial charge in [0.1, 0.15) is 5.75 Å². The van der Waals surface area contributed by atoms with E-state index in [2.05, 4.69) is 16.3 Å². The first-order chi connectivity index (χ1) is 11.7. The zero-order chi connectivity index (χ0) is 16.8. The molecule has 3 rings (SSSR count). The van der Waals surface area contributed by atoms with E-state index in [1.807, 2.05) is 12.1 Å². The standard InChI is InChI=1S/C20H28N2O2/c23-19-8-5-16(6-9-19)4-7-18-3-1-2-14-22(18)20(24)15-17-10-12-21-13-11-17/h5-6,8-10,18,21,23H,1-4,7,11-15H2/t18-/m1/s1. The highest BCUT2D eigenvalue weighted by molar-refractivity contribution is 5.79. The van der Waals surface area contributed by atoms with Crippen molar-refractivity contribution in [1.29, 1.82) is 0 Å². The summed E-state index contributed by atoms with van der Waals surface area (Å²) in [6.45, 7) is 2.79. The number of likely N-dealkylation sites (tertiary alicyclic amines) is 1. The van der Waals surface area contributed by atoms with E-state index in [9.17, 15) is 9.90 Å². The number of phenolic OH excluding ortho intramolecular Hbond substituents is 1. The van der Waals surface area contributed by atoms with Gasteiger partial charge in [-0.2, -0.15) is 0 Å². The minimum atomic E-state index is 0.304. The Morgan fingerprint density at radius 2 is 2.08 bits per heavy atom. The second-order valence-corrected chi connectivity index (χ2v) is 6.94. The minimum Gasteiger partial charge on any atom is -0.508 e. The quantitative estimate of drug-likeness (QED) is 0.817.